The molecule has 0 bridgehead atoms. The number of hydrogen-bond acceptors (Lipinski definition) is 5. The number of anilines is 1. The quantitative estimate of drug-likeness (QED) is 0.561. The van der Waals surface area contributed by atoms with Gasteiger partial charge in [0.15, 0.2) is 0 Å². The van der Waals surface area contributed by atoms with Gasteiger partial charge in [0.05, 0.1) is 20.1 Å². The van der Waals surface area contributed by atoms with E-state index in [0.29, 0.717) is 5.69 Å². The summed E-state index contributed by atoms with van der Waals surface area (Å²) < 4.78 is 0.931. The number of amides is 1. The zero-order chi connectivity index (χ0) is 16.6. The topological polar surface area (TPSA) is 85.1 Å². The molecule has 0 spiro atoms. The second kappa shape index (κ2) is 5.94. The van der Waals surface area contributed by atoms with E-state index in [-0.39, 0.29) is 16.3 Å². The molecule has 116 valence electrons. The molecule has 23 heavy (non-hydrogen) atoms. The Hall–Kier alpha value is -2.51. The van der Waals surface area contributed by atoms with Gasteiger partial charge >= 0.3 is 0 Å². The predicted octanol–water partition coefficient (Wildman–Crippen LogP) is 4.42. The van der Waals surface area contributed by atoms with Gasteiger partial charge < -0.3 is 5.32 Å². The smallest absolute Gasteiger partial charge is 0.282 e. The number of carbonyl (C=O) groups excluding carboxylic acids is 1. The van der Waals surface area contributed by atoms with Crippen LogP contribution in [0.5, 0.6) is 0 Å². The highest BCUT2D eigenvalue weighted by atomic mass is 35.5. The van der Waals surface area contributed by atoms with Crippen LogP contribution in [0.3, 0.4) is 0 Å². The Morgan fingerprint density at radius 3 is 2.83 bits per heavy atom. The van der Waals surface area contributed by atoms with Gasteiger partial charge in [-0.05, 0) is 37.3 Å². The highest BCUT2D eigenvalue weighted by molar-refractivity contribution is 7.18. The van der Waals surface area contributed by atoms with E-state index in [0.717, 1.165) is 15.2 Å². The van der Waals surface area contributed by atoms with Crippen molar-refractivity contribution in [1.29, 1.82) is 0 Å². The Kier molecular flexibility index (Phi) is 3.97. The lowest BCUT2D eigenvalue weighted by Crippen LogP contribution is -2.13. The lowest BCUT2D eigenvalue weighted by atomic mass is 10.1. The molecular formula is C15H10ClN3O3S. The SMILES string of the molecule is Cc1nc2ccc(NC(=O)c3cc(Cl)ccc3[N+](=O)[O-])cc2s1. The summed E-state index contributed by atoms with van der Waals surface area (Å²) in [6.07, 6.45) is 0. The van der Waals surface area contributed by atoms with Crippen molar-refractivity contribution in [3.05, 3.63) is 62.1 Å². The van der Waals surface area contributed by atoms with E-state index >= 15 is 0 Å². The van der Waals surface area contributed by atoms with Gasteiger partial charge in [0.2, 0.25) is 0 Å². The fraction of sp³-hybridized carbons (Fsp3) is 0.0667. The second-order valence-electron chi connectivity index (χ2n) is 4.79. The Bertz CT molecular complexity index is 939. The van der Waals surface area contributed by atoms with Crippen molar-refractivity contribution in [2.24, 2.45) is 0 Å². The maximum Gasteiger partial charge on any atom is 0.282 e. The third kappa shape index (κ3) is 3.15. The summed E-state index contributed by atoms with van der Waals surface area (Å²) in [4.78, 5) is 27.1. The Morgan fingerprint density at radius 2 is 2.09 bits per heavy atom. The molecular weight excluding hydrogens is 338 g/mol. The molecule has 1 N–H and O–H groups in total. The van der Waals surface area contributed by atoms with Crippen molar-refractivity contribution in [2.75, 3.05) is 5.32 Å². The maximum absolute atomic E-state index is 12.3. The van der Waals surface area contributed by atoms with Gasteiger partial charge in [-0.15, -0.1) is 11.3 Å². The zero-order valence-corrected chi connectivity index (χ0v) is 13.4. The van der Waals surface area contributed by atoms with Gasteiger partial charge in [0.25, 0.3) is 11.6 Å². The van der Waals surface area contributed by atoms with E-state index < -0.39 is 10.8 Å². The van der Waals surface area contributed by atoms with Crippen molar-refractivity contribution in [1.82, 2.24) is 4.98 Å². The summed E-state index contributed by atoms with van der Waals surface area (Å²) in [6.45, 7) is 1.90. The maximum atomic E-state index is 12.3. The molecule has 0 unspecified atom stereocenters. The van der Waals surface area contributed by atoms with Crippen LogP contribution in [0, 0.1) is 17.0 Å². The molecule has 3 aromatic rings. The molecule has 6 nitrogen and oxygen atoms in total. The average Bonchev–Trinajstić information content (AvgIpc) is 2.86. The van der Waals surface area contributed by atoms with Crippen LogP contribution in [0.1, 0.15) is 15.4 Å². The summed E-state index contributed by atoms with van der Waals surface area (Å²) in [5, 5.41) is 14.9. The molecule has 0 saturated carbocycles. The van der Waals surface area contributed by atoms with E-state index in [1.807, 2.05) is 6.92 Å². The molecule has 0 aliphatic heterocycles. The van der Waals surface area contributed by atoms with E-state index in [2.05, 4.69) is 10.3 Å². The first-order valence-electron chi connectivity index (χ1n) is 6.56. The molecule has 0 saturated heterocycles. The van der Waals surface area contributed by atoms with Crippen LogP contribution in [-0.2, 0) is 0 Å². The van der Waals surface area contributed by atoms with Crippen molar-refractivity contribution in [3.63, 3.8) is 0 Å². The minimum absolute atomic E-state index is 0.0805. The molecule has 3 rings (SSSR count). The number of nitro groups is 1. The van der Waals surface area contributed by atoms with E-state index in [1.165, 1.54) is 29.5 Å². The number of fused-ring (bicyclic) bond motifs is 1. The first-order valence-corrected chi connectivity index (χ1v) is 7.76. The number of aromatic nitrogens is 1. The normalized spacial score (nSPS) is 10.7. The van der Waals surface area contributed by atoms with Crippen LogP contribution < -0.4 is 5.32 Å². The van der Waals surface area contributed by atoms with Crippen LogP contribution in [0.4, 0.5) is 11.4 Å². The largest absolute Gasteiger partial charge is 0.322 e. The third-order valence-corrected chi connectivity index (χ3v) is 4.32. The van der Waals surface area contributed by atoms with Gasteiger partial charge in [-0.2, -0.15) is 0 Å². The molecule has 0 aliphatic rings. The van der Waals surface area contributed by atoms with Crippen LogP contribution >= 0.6 is 22.9 Å². The van der Waals surface area contributed by atoms with Gasteiger partial charge in [-0.3, -0.25) is 14.9 Å². The number of aryl methyl sites for hydroxylation is 1. The molecule has 1 amide bonds. The number of halogens is 1. The van der Waals surface area contributed by atoms with Gasteiger partial charge in [-0.25, -0.2) is 4.98 Å². The zero-order valence-electron chi connectivity index (χ0n) is 11.9. The minimum Gasteiger partial charge on any atom is -0.322 e. The number of carbonyl (C=O) groups is 1. The van der Waals surface area contributed by atoms with Crippen LogP contribution in [0.2, 0.25) is 5.02 Å². The standard InChI is InChI=1S/C15H10ClN3O3S/c1-8-17-12-4-3-10(7-14(12)23-8)18-15(20)11-6-9(16)2-5-13(11)19(21)22/h2-7H,1H3,(H,18,20). The molecule has 1 heterocycles. The van der Waals surface area contributed by atoms with Crippen molar-refractivity contribution >= 4 is 50.4 Å². The number of thiazole rings is 1. The summed E-state index contributed by atoms with van der Waals surface area (Å²) in [5.74, 6) is -0.584. The summed E-state index contributed by atoms with van der Waals surface area (Å²) in [6, 6.07) is 9.16. The first kappa shape index (κ1) is 15.4. The summed E-state index contributed by atoms with van der Waals surface area (Å²) >= 11 is 7.35. The van der Waals surface area contributed by atoms with Crippen LogP contribution in [0.25, 0.3) is 10.2 Å². The number of nitrogens with zero attached hydrogens (tertiary/aromatic N) is 2. The summed E-state index contributed by atoms with van der Waals surface area (Å²) in [5.41, 5.74) is 1.02. The summed E-state index contributed by atoms with van der Waals surface area (Å²) in [7, 11) is 0. The number of nitro benzene ring substituents is 1. The van der Waals surface area contributed by atoms with Crippen molar-refractivity contribution in [3.8, 4) is 0 Å². The third-order valence-electron chi connectivity index (χ3n) is 3.15. The molecule has 0 radical (unpaired) electrons. The Labute approximate surface area is 139 Å². The fourth-order valence-electron chi connectivity index (χ4n) is 2.17. The Morgan fingerprint density at radius 1 is 1.30 bits per heavy atom. The Balaban J connectivity index is 1.94. The number of rotatable bonds is 3. The average molecular weight is 348 g/mol. The molecule has 1 aromatic heterocycles. The second-order valence-corrected chi connectivity index (χ2v) is 6.46. The number of nitrogens with one attached hydrogen (secondary N) is 1. The highest BCUT2D eigenvalue weighted by Crippen LogP contribution is 2.27. The van der Waals surface area contributed by atoms with Crippen LogP contribution in [0.15, 0.2) is 36.4 Å². The highest BCUT2D eigenvalue weighted by Gasteiger charge is 2.20. The van der Waals surface area contributed by atoms with Gasteiger partial charge in [-0.1, -0.05) is 11.6 Å². The number of hydrogen-bond donors (Lipinski definition) is 1. The van der Waals surface area contributed by atoms with E-state index in [4.69, 9.17) is 11.6 Å². The van der Waals surface area contributed by atoms with E-state index in [1.54, 1.807) is 18.2 Å². The predicted molar refractivity (Wildman–Crippen MR) is 90.4 cm³/mol. The molecule has 0 fully saturated rings. The van der Waals surface area contributed by atoms with Crippen molar-refractivity contribution in [2.45, 2.75) is 6.92 Å². The molecule has 0 aliphatic carbocycles. The molecule has 2 aromatic carbocycles. The first-order chi connectivity index (χ1) is 10.9. The van der Waals surface area contributed by atoms with Gasteiger partial charge in [0, 0.05) is 16.8 Å². The lowest BCUT2D eigenvalue weighted by Gasteiger charge is -2.06. The van der Waals surface area contributed by atoms with Crippen molar-refractivity contribution < 1.29 is 9.72 Å². The number of benzene rings is 2. The monoisotopic (exact) mass is 347 g/mol. The van der Waals surface area contributed by atoms with Crippen LogP contribution in [-0.4, -0.2) is 15.8 Å². The minimum atomic E-state index is -0.610. The molecule has 8 heteroatoms. The lowest BCUT2D eigenvalue weighted by molar-refractivity contribution is -0.385. The molecule has 0 atom stereocenters. The van der Waals surface area contributed by atoms with E-state index in [9.17, 15) is 14.9 Å². The fourth-order valence-corrected chi connectivity index (χ4v) is 3.20. The van der Waals surface area contributed by atoms with Gasteiger partial charge in [0.1, 0.15) is 5.56 Å².